The van der Waals surface area contributed by atoms with Crippen molar-refractivity contribution in [3.63, 3.8) is 0 Å². The zero-order valence-electron chi connectivity index (χ0n) is 10.5. The number of hydrogen-bond donors (Lipinski definition) is 2. The van der Waals surface area contributed by atoms with Gasteiger partial charge in [-0.05, 0) is 43.2 Å². The summed E-state index contributed by atoms with van der Waals surface area (Å²) in [5, 5.41) is 6.83. The maximum atomic E-state index is 4.96. The van der Waals surface area contributed by atoms with Crippen molar-refractivity contribution in [3.05, 3.63) is 0 Å². The molecular weight excluding hydrogens is 220 g/mol. The van der Waals surface area contributed by atoms with Gasteiger partial charge < -0.3 is 15.4 Å². The van der Waals surface area contributed by atoms with Crippen LogP contribution in [-0.4, -0.2) is 51.4 Å². The topological polar surface area (TPSA) is 33.3 Å². The number of ether oxygens (including phenoxy) is 1. The Labute approximate surface area is 104 Å². The fourth-order valence-electron chi connectivity index (χ4n) is 1.94. The molecule has 1 aliphatic rings. The van der Waals surface area contributed by atoms with Gasteiger partial charge >= 0.3 is 0 Å². The average molecular weight is 246 g/mol. The van der Waals surface area contributed by atoms with E-state index in [4.69, 9.17) is 4.74 Å². The monoisotopic (exact) mass is 246 g/mol. The fraction of sp³-hybridized carbons (Fsp3) is 1.00. The van der Waals surface area contributed by atoms with Crippen LogP contribution in [-0.2, 0) is 4.74 Å². The lowest BCUT2D eigenvalue weighted by atomic mass is 9.99. The zero-order chi connectivity index (χ0) is 11.5. The van der Waals surface area contributed by atoms with Gasteiger partial charge in [0.2, 0.25) is 0 Å². The predicted molar refractivity (Wildman–Crippen MR) is 72.3 cm³/mol. The van der Waals surface area contributed by atoms with Crippen molar-refractivity contribution in [3.8, 4) is 0 Å². The van der Waals surface area contributed by atoms with Crippen molar-refractivity contribution < 1.29 is 4.74 Å². The van der Waals surface area contributed by atoms with Gasteiger partial charge in [-0.3, -0.25) is 0 Å². The highest BCUT2D eigenvalue weighted by Gasteiger charge is 2.12. The Bertz CT molecular complexity index is 152. The van der Waals surface area contributed by atoms with Gasteiger partial charge in [0.25, 0.3) is 0 Å². The minimum Gasteiger partial charge on any atom is -0.383 e. The third-order valence-corrected chi connectivity index (χ3v) is 4.08. The summed E-state index contributed by atoms with van der Waals surface area (Å²) in [4.78, 5) is 0. The molecule has 16 heavy (non-hydrogen) atoms. The minimum absolute atomic E-state index is 0.805. The predicted octanol–water partition coefficient (Wildman–Crippen LogP) is 1.35. The van der Waals surface area contributed by atoms with Gasteiger partial charge in [0.15, 0.2) is 0 Å². The van der Waals surface area contributed by atoms with E-state index in [1.807, 2.05) is 0 Å². The standard InChI is InChI=1S/C12H26N2OS/c1-15-9-8-14-7-6-13-5-2-12-3-10-16-11-4-12/h12-14H,2-11H2,1H3. The third kappa shape index (κ3) is 7.49. The van der Waals surface area contributed by atoms with E-state index in [2.05, 4.69) is 22.4 Å². The molecule has 0 aromatic heterocycles. The molecule has 0 aromatic carbocycles. The van der Waals surface area contributed by atoms with Crippen molar-refractivity contribution in [2.45, 2.75) is 19.3 Å². The van der Waals surface area contributed by atoms with Gasteiger partial charge in [-0.1, -0.05) is 0 Å². The normalized spacial score (nSPS) is 17.8. The van der Waals surface area contributed by atoms with Crippen molar-refractivity contribution in [2.75, 3.05) is 51.4 Å². The summed E-state index contributed by atoms with van der Waals surface area (Å²) in [7, 11) is 1.74. The van der Waals surface area contributed by atoms with Crippen LogP contribution in [0.15, 0.2) is 0 Å². The summed E-state index contributed by atoms with van der Waals surface area (Å²) in [6.07, 6.45) is 4.22. The van der Waals surface area contributed by atoms with Crippen molar-refractivity contribution >= 4 is 11.8 Å². The molecule has 1 fully saturated rings. The smallest absolute Gasteiger partial charge is 0.0587 e. The van der Waals surface area contributed by atoms with Crippen LogP contribution in [0.4, 0.5) is 0 Å². The molecule has 0 spiro atoms. The molecule has 2 N–H and O–H groups in total. The van der Waals surface area contributed by atoms with Gasteiger partial charge in [0, 0.05) is 26.7 Å². The molecule has 96 valence electrons. The molecule has 0 radical (unpaired) electrons. The van der Waals surface area contributed by atoms with Gasteiger partial charge in [-0.2, -0.15) is 11.8 Å². The Hall–Kier alpha value is 0.230. The maximum absolute atomic E-state index is 4.96. The second-order valence-corrected chi connectivity index (χ2v) is 5.56. The van der Waals surface area contributed by atoms with Crippen molar-refractivity contribution in [1.29, 1.82) is 0 Å². The summed E-state index contributed by atoms with van der Waals surface area (Å²) in [6, 6.07) is 0. The highest BCUT2D eigenvalue weighted by Crippen LogP contribution is 2.24. The second kappa shape index (κ2) is 10.4. The average Bonchev–Trinajstić information content (AvgIpc) is 2.34. The first-order chi connectivity index (χ1) is 7.93. The molecule has 1 heterocycles. The summed E-state index contributed by atoms with van der Waals surface area (Å²) in [6.45, 7) is 5.06. The Balaban J connectivity index is 1.77. The highest BCUT2D eigenvalue weighted by molar-refractivity contribution is 7.99. The molecule has 0 saturated carbocycles. The van der Waals surface area contributed by atoms with Crippen molar-refractivity contribution in [2.24, 2.45) is 5.92 Å². The lowest BCUT2D eigenvalue weighted by molar-refractivity contribution is 0.199. The Morgan fingerprint density at radius 2 is 1.75 bits per heavy atom. The molecule has 0 amide bonds. The lowest BCUT2D eigenvalue weighted by Crippen LogP contribution is -2.30. The van der Waals surface area contributed by atoms with Crippen LogP contribution < -0.4 is 10.6 Å². The lowest BCUT2D eigenvalue weighted by Gasteiger charge is -2.21. The van der Waals surface area contributed by atoms with E-state index >= 15 is 0 Å². The van der Waals surface area contributed by atoms with Crippen LogP contribution in [0.3, 0.4) is 0 Å². The molecule has 0 aliphatic carbocycles. The number of thioether (sulfide) groups is 1. The van der Waals surface area contributed by atoms with Crippen LogP contribution >= 0.6 is 11.8 Å². The van der Waals surface area contributed by atoms with Crippen LogP contribution in [0, 0.1) is 5.92 Å². The Morgan fingerprint density at radius 3 is 2.44 bits per heavy atom. The Morgan fingerprint density at radius 1 is 1.06 bits per heavy atom. The van der Waals surface area contributed by atoms with Gasteiger partial charge in [-0.15, -0.1) is 0 Å². The first kappa shape index (κ1) is 14.3. The molecule has 1 rings (SSSR count). The molecule has 1 saturated heterocycles. The van der Waals surface area contributed by atoms with E-state index in [1.165, 1.54) is 37.3 Å². The molecule has 0 aromatic rings. The Kier molecular flexibility index (Phi) is 9.28. The number of nitrogens with one attached hydrogen (secondary N) is 2. The van der Waals surface area contributed by atoms with Crippen LogP contribution in [0.25, 0.3) is 0 Å². The summed E-state index contributed by atoms with van der Waals surface area (Å²) in [5.74, 6) is 3.74. The quantitative estimate of drug-likeness (QED) is 0.602. The summed E-state index contributed by atoms with van der Waals surface area (Å²) >= 11 is 2.11. The molecule has 0 unspecified atom stereocenters. The molecule has 0 atom stereocenters. The first-order valence-electron chi connectivity index (χ1n) is 6.41. The minimum atomic E-state index is 0.805. The van der Waals surface area contributed by atoms with Crippen LogP contribution in [0.1, 0.15) is 19.3 Å². The van der Waals surface area contributed by atoms with E-state index in [9.17, 15) is 0 Å². The maximum Gasteiger partial charge on any atom is 0.0587 e. The van der Waals surface area contributed by atoms with Gasteiger partial charge in [0.05, 0.1) is 6.61 Å². The van der Waals surface area contributed by atoms with E-state index < -0.39 is 0 Å². The second-order valence-electron chi connectivity index (χ2n) is 4.34. The third-order valence-electron chi connectivity index (χ3n) is 3.03. The zero-order valence-corrected chi connectivity index (χ0v) is 11.3. The highest BCUT2D eigenvalue weighted by atomic mass is 32.2. The van der Waals surface area contributed by atoms with Crippen molar-refractivity contribution in [1.82, 2.24) is 10.6 Å². The number of rotatable bonds is 9. The summed E-state index contributed by atoms with van der Waals surface area (Å²) < 4.78 is 4.96. The van der Waals surface area contributed by atoms with Gasteiger partial charge in [0.1, 0.15) is 0 Å². The molecule has 4 heteroatoms. The number of methoxy groups -OCH3 is 1. The van der Waals surface area contributed by atoms with Gasteiger partial charge in [-0.25, -0.2) is 0 Å². The molecule has 0 bridgehead atoms. The largest absolute Gasteiger partial charge is 0.383 e. The summed E-state index contributed by atoms with van der Waals surface area (Å²) in [5.41, 5.74) is 0. The van der Waals surface area contributed by atoms with E-state index in [0.717, 1.165) is 32.2 Å². The van der Waals surface area contributed by atoms with Crippen LogP contribution in [0.5, 0.6) is 0 Å². The first-order valence-corrected chi connectivity index (χ1v) is 7.57. The molecule has 3 nitrogen and oxygen atoms in total. The molecule has 1 aliphatic heterocycles. The van der Waals surface area contributed by atoms with E-state index in [0.29, 0.717) is 0 Å². The van der Waals surface area contributed by atoms with E-state index in [1.54, 1.807) is 7.11 Å². The van der Waals surface area contributed by atoms with E-state index in [-0.39, 0.29) is 0 Å². The SMILES string of the molecule is COCCNCCNCCC1CCSCC1. The van der Waals surface area contributed by atoms with Crippen LogP contribution in [0.2, 0.25) is 0 Å². The fourth-order valence-corrected chi connectivity index (χ4v) is 3.15. The number of hydrogen-bond acceptors (Lipinski definition) is 4. The molecular formula is C12H26N2OS.